The topological polar surface area (TPSA) is 75.6 Å². The quantitative estimate of drug-likeness (QED) is 0.772. The first-order valence-electron chi connectivity index (χ1n) is 7.11. The number of benzene rings is 1. The van der Waals surface area contributed by atoms with Gasteiger partial charge >= 0.3 is 5.97 Å². The zero-order valence-electron chi connectivity index (χ0n) is 12.8. The first kappa shape index (κ1) is 17.0. The van der Waals surface area contributed by atoms with Crippen LogP contribution in [0.5, 0.6) is 5.75 Å². The summed E-state index contributed by atoms with van der Waals surface area (Å²) >= 11 is 0. The van der Waals surface area contributed by atoms with Crippen molar-refractivity contribution in [3.8, 4) is 5.75 Å². The Kier molecular flexibility index (Phi) is 6.21. The summed E-state index contributed by atoms with van der Waals surface area (Å²) in [5.41, 5.74) is -0.131. The van der Waals surface area contributed by atoms with Gasteiger partial charge in [0, 0.05) is 0 Å². The summed E-state index contributed by atoms with van der Waals surface area (Å²) in [6.07, 6.45) is 1.20. The minimum Gasteiger partial charge on any atom is -0.493 e. The van der Waals surface area contributed by atoms with Crippen LogP contribution in [0.15, 0.2) is 24.3 Å². The van der Waals surface area contributed by atoms with Crippen LogP contribution in [0.1, 0.15) is 38.7 Å². The molecule has 0 aromatic heterocycles. The standard InChI is InChI=1S/C16H23NO4/c1-4-9-16(3,15(19)20)17-14(18)8-10-21-13-7-5-6-12(2)11-13/h5-7,11H,4,8-10H2,1-3H3,(H,17,18)(H,19,20). The molecule has 0 saturated carbocycles. The van der Waals surface area contributed by atoms with Crippen LogP contribution in [0.3, 0.4) is 0 Å². The zero-order chi connectivity index (χ0) is 15.9. The molecule has 1 aromatic rings. The molecule has 1 atom stereocenters. The lowest BCUT2D eigenvalue weighted by Crippen LogP contribution is -2.52. The second-order valence-corrected chi connectivity index (χ2v) is 5.35. The molecule has 0 aliphatic rings. The maximum Gasteiger partial charge on any atom is 0.329 e. The third kappa shape index (κ3) is 5.45. The molecule has 1 amide bonds. The van der Waals surface area contributed by atoms with Crippen molar-refractivity contribution in [1.82, 2.24) is 5.32 Å². The molecular weight excluding hydrogens is 270 g/mol. The second-order valence-electron chi connectivity index (χ2n) is 5.35. The number of carbonyl (C=O) groups is 2. The maximum absolute atomic E-state index is 11.8. The van der Waals surface area contributed by atoms with Gasteiger partial charge in [0.15, 0.2) is 0 Å². The van der Waals surface area contributed by atoms with Crippen LogP contribution in [-0.4, -0.2) is 29.1 Å². The predicted octanol–water partition coefficient (Wildman–Crippen LogP) is 2.52. The van der Waals surface area contributed by atoms with Gasteiger partial charge in [0.2, 0.25) is 5.91 Å². The number of amides is 1. The molecule has 0 spiro atoms. The number of carboxylic acids is 1. The minimum absolute atomic E-state index is 0.126. The molecule has 0 aliphatic carbocycles. The summed E-state index contributed by atoms with van der Waals surface area (Å²) in [5, 5.41) is 11.8. The minimum atomic E-state index is -1.21. The van der Waals surface area contributed by atoms with Crippen molar-refractivity contribution in [3.05, 3.63) is 29.8 Å². The average Bonchev–Trinajstić information content (AvgIpc) is 2.38. The molecule has 21 heavy (non-hydrogen) atoms. The van der Waals surface area contributed by atoms with Crippen LogP contribution in [0.2, 0.25) is 0 Å². The number of nitrogens with one attached hydrogen (secondary N) is 1. The number of carboxylic acid groups (broad SMARTS) is 1. The third-order valence-electron chi connectivity index (χ3n) is 3.22. The van der Waals surface area contributed by atoms with Gasteiger partial charge in [0.25, 0.3) is 0 Å². The molecule has 0 fully saturated rings. The highest BCUT2D eigenvalue weighted by Gasteiger charge is 2.33. The summed E-state index contributed by atoms with van der Waals surface area (Å²) in [4.78, 5) is 23.1. The van der Waals surface area contributed by atoms with E-state index in [2.05, 4.69) is 5.32 Å². The van der Waals surface area contributed by atoms with Gasteiger partial charge in [0.1, 0.15) is 11.3 Å². The molecule has 2 N–H and O–H groups in total. The predicted molar refractivity (Wildman–Crippen MR) is 80.4 cm³/mol. The summed E-state index contributed by atoms with van der Waals surface area (Å²) in [7, 11) is 0. The van der Waals surface area contributed by atoms with Crippen molar-refractivity contribution in [1.29, 1.82) is 0 Å². The van der Waals surface area contributed by atoms with Gasteiger partial charge in [-0.3, -0.25) is 4.79 Å². The Bertz CT molecular complexity index is 501. The van der Waals surface area contributed by atoms with Gasteiger partial charge in [-0.25, -0.2) is 4.79 Å². The van der Waals surface area contributed by atoms with Gasteiger partial charge in [-0.15, -0.1) is 0 Å². The fraction of sp³-hybridized carbons (Fsp3) is 0.500. The van der Waals surface area contributed by atoms with E-state index >= 15 is 0 Å². The fourth-order valence-corrected chi connectivity index (χ4v) is 2.06. The van der Waals surface area contributed by atoms with Crippen LogP contribution >= 0.6 is 0 Å². The van der Waals surface area contributed by atoms with Gasteiger partial charge in [-0.2, -0.15) is 0 Å². The van der Waals surface area contributed by atoms with Gasteiger partial charge in [-0.1, -0.05) is 25.5 Å². The van der Waals surface area contributed by atoms with E-state index in [1.807, 2.05) is 38.1 Å². The Morgan fingerprint density at radius 1 is 1.38 bits per heavy atom. The Morgan fingerprint density at radius 3 is 2.67 bits per heavy atom. The molecule has 1 unspecified atom stereocenters. The number of rotatable bonds is 8. The number of ether oxygens (including phenoxy) is 1. The van der Waals surface area contributed by atoms with E-state index in [4.69, 9.17) is 4.74 Å². The molecule has 5 heteroatoms. The molecule has 5 nitrogen and oxygen atoms in total. The van der Waals surface area contributed by atoms with Crippen molar-refractivity contribution in [2.75, 3.05) is 6.61 Å². The summed E-state index contributed by atoms with van der Waals surface area (Å²) in [6, 6.07) is 7.55. The van der Waals surface area contributed by atoms with E-state index in [1.165, 1.54) is 6.92 Å². The van der Waals surface area contributed by atoms with E-state index in [9.17, 15) is 14.7 Å². The zero-order valence-corrected chi connectivity index (χ0v) is 12.8. The Balaban J connectivity index is 2.45. The van der Waals surface area contributed by atoms with E-state index in [0.717, 1.165) is 5.56 Å². The first-order valence-corrected chi connectivity index (χ1v) is 7.11. The normalized spacial score (nSPS) is 13.3. The smallest absolute Gasteiger partial charge is 0.329 e. The molecule has 0 radical (unpaired) electrons. The van der Waals surface area contributed by atoms with E-state index in [1.54, 1.807) is 0 Å². The number of carbonyl (C=O) groups excluding carboxylic acids is 1. The average molecular weight is 293 g/mol. The number of hydrogen-bond donors (Lipinski definition) is 2. The summed E-state index contributed by atoms with van der Waals surface area (Å²) in [6.45, 7) is 5.59. The molecule has 0 saturated heterocycles. The lowest BCUT2D eigenvalue weighted by Gasteiger charge is -2.25. The van der Waals surface area contributed by atoms with Crippen molar-refractivity contribution in [3.63, 3.8) is 0 Å². The number of aryl methyl sites for hydroxylation is 1. The third-order valence-corrected chi connectivity index (χ3v) is 3.22. The van der Waals surface area contributed by atoms with Crippen LogP contribution in [0.25, 0.3) is 0 Å². The molecular formula is C16H23NO4. The molecule has 0 bridgehead atoms. The number of aliphatic carboxylic acids is 1. The summed E-state index contributed by atoms with van der Waals surface area (Å²) in [5.74, 6) is -0.629. The fourth-order valence-electron chi connectivity index (χ4n) is 2.06. The van der Waals surface area contributed by atoms with Crippen LogP contribution in [0.4, 0.5) is 0 Å². The molecule has 0 aliphatic heterocycles. The largest absolute Gasteiger partial charge is 0.493 e. The van der Waals surface area contributed by atoms with Gasteiger partial charge < -0.3 is 15.2 Å². The SMILES string of the molecule is CCCC(C)(NC(=O)CCOc1cccc(C)c1)C(=O)O. The Labute approximate surface area is 125 Å². The van der Waals surface area contributed by atoms with Crippen LogP contribution < -0.4 is 10.1 Å². The molecule has 0 heterocycles. The highest BCUT2D eigenvalue weighted by Crippen LogP contribution is 2.14. The Morgan fingerprint density at radius 2 is 2.10 bits per heavy atom. The summed E-state index contributed by atoms with van der Waals surface area (Å²) < 4.78 is 5.48. The lowest BCUT2D eigenvalue weighted by molar-refractivity contribution is -0.147. The monoisotopic (exact) mass is 293 g/mol. The van der Waals surface area contributed by atoms with Crippen LogP contribution in [-0.2, 0) is 9.59 Å². The van der Waals surface area contributed by atoms with Crippen molar-refractivity contribution in [2.24, 2.45) is 0 Å². The van der Waals surface area contributed by atoms with E-state index < -0.39 is 11.5 Å². The van der Waals surface area contributed by atoms with Gasteiger partial charge in [-0.05, 0) is 38.0 Å². The molecule has 1 rings (SSSR count). The van der Waals surface area contributed by atoms with Crippen molar-refractivity contribution in [2.45, 2.75) is 45.6 Å². The van der Waals surface area contributed by atoms with Crippen molar-refractivity contribution >= 4 is 11.9 Å². The first-order chi connectivity index (χ1) is 9.87. The van der Waals surface area contributed by atoms with E-state index in [-0.39, 0.29) is 18.9 Å². The molecule has 1 aromatic carbocycles. The highest BCUT2D eigenvalue weighted by molar-refractivity contribution is 5.86. The second kappa shape index (κ2) is 7.67. The Hall–Kier alpha value is -2.04. The van der Waals surface area contributed by atoms with Crippen molar-refractivity contribution < 1.29 is 19.4 Å². The molecule has 116 valence electrons. The highest BCUT2D eigenvalue weighted by atomic mass is 16.5. The maximum atomic E-state index is 11.8. The van der Waals surface area contributed by atoms with Gasteiger partial charge in [0.05, 0.1) is 13.0 Å². The van der Waals surface area contributed by atoms with Crippen LogP contribution in [0, 0.1) is 6.92 Å². The number of hydrogen-bond acceptors (Lipinski definition) is 3. The van der Waals surface area contributed by atoms with E-state index in [0.29, 0.717) is 18.6 Å². The lowest BCUT2D eigenvalue weighted by atomic mass is 9.96.